The molecule has 1 aromatic heterocycles. The quantitative estimate of drug-likeness (QED) is 0.792. The van der Waals surface area contributed by atoms with Gasteiger partial charge in [-0.25, -0.2) is 0 Å². The number of nitrogens with zero attached hydrogens (tertiary/aromatic N) is 3. The average Bonchev–Trinajstić information content (AvgIpc) is 2.57. The molecule has 1 aromatic carbocycles. The lowest BCUT2D eigenvalue weighted by Crippen LogP contribution is -2.35. The van der Waals surface area contributed by atoms with E-state index in [0.29, 0.717) is 5.88 Å². The summed E-state index contributed by atoms with van der Waals surface area (Å²) in [6.45, 7) is 2.17. The Bertz CT molecular complexity index is 568. The van der Waals surface area contributed by atoms with Crippen LogP contribution in [0.1, 0.15) is 18.4 Å². The van der Waals surface area contributed by atoms with Crippen LogP contribution in [0.2, 0.25) is 0 Å². The van der Waals surface area contributed by atoms with Crippen molar-refractivity contribution in [2.24, 2.45) is 0 Å². The third kappa shape index (κ3) is 4.45. The second-order valence-corrected chi connectivity index (χ2v) is 6.60. The highest BCUT2D eigenvalue weighted by molar-refractivity contribution is 7.98. The Kier molecular flexibility index (Phi) is 5.29. The molecule has 0 bridgehead atoms. The third-order valence-corrected chi connectivity index (χ3v) is 4.79. The largest absolute Gasteiger partial charge is 0.473 e. The number of likely N-dealkylation sites (tertiary alicyclic amines) is 1. The molecule has 2 heterocycles. The maximum absolute atomic E-state index is 5.91. The summed E-state index contributed by atoms with van der Waals surface area (Å²) in [4.78, 5) is 2.33. The first kappa shape index (κ1) is 15.3. The van der Waals surface area contributed by atoms with Crippen molar-refractivity contribution < 1.29 is 4.74 Å². The highest BCUT2D eigenvalue weighted by Crippen LogP contribution is 2.22. The van der Waals surface area contributed by atoms with Gasteiger partial charge < -0.3 is 9.64 Å². The Morgan fingerprint density at radius 3 is 2.55 bits per heavy atom. The van der Waals surface area contributed by atoms with Gasteiger partial charge in [-0.1, -0.05) is 42.1 Å². The van der Waals surface area contributed by atoms with Gasteiger partial charge in [0.05, 0.1) is 0 Å². The van der Waals surface area contributed by atoms with E-state index in [1.165, 1.54) is 5.56 Å². The molecule has 0 spiro atoms. The highest BCUT2D eigenvalue weighted by Gasteiger charge is 2.18. The molecule has 0 saturated carbocycles. The standard InChI is InChI=1S/C17H21N3OS/c1-20-11-9-15(10-12-20)21-16-7-8-17(19-18-16)22-13-14-5-3-2-4-6-14/h2-8,15H,9-13H2,1H3. The minimum Gasteiger partial charge on any atom is -0.473 e. The maximum Gasteiger partial charge on any atom is 0.233 e. The number of piperidine rings is 1. The van der Waals surface area contributed by atoms with E-state index in [9.17, 15) is 0 Å². The number of rotatable bonds is 5. The first-order valence-electron chi connectivity index (χ1n) is 7.65. The van der Waals surface area contributed by atoms with Gasteiger partial charge in [0.1, 0.15) is 11.1 Å². The number of hydrogen-bond acceptors (Lipinski definition) is 5. The van der Waals surface area contributed by atoms with Crippen LogP contribution in [-0.4, -0.2) is 41.3 Å². The van der Waals surface area contributed by atoms with Gasteiger partial charge in [-0.2, -0.15) is 0 Å². The fourth-order valence-corrected chi connectivity index (χ4v) is 3.22. The van der Waals surface area contributed by atoms with Gasteiger partial charge in [-0.3, -0.25) is 0 Å². The van der Waals surface area contributed by atoms with Crippen molar-refractivity contribution in [3.8, 4) is 5.88 Å². The summed E-state index contributed by atoms with van der Waals surface area (Å²) in [5.74, 6) is 1.55. The maximum atomic E-state index is 5.91. The third-order valence-electron chi connectivity index (χ3n) is 3.80. The molecule has 116 valence electrons. The first-order valence-corrected chi connectivity index (χ1v) is 8.64. The molecular weight excluding hydrogens is 294 g/mol. The molecule has 0 amide bonds. The van der Waals surface area contributed by atoms with E-state index >= 15 is 0 Å². The Hall–Kier alpha value is -1.59. The summed E-state index contributed by atoms with van der Waals surface area (Å²) in [6, 6.07) is 14.3. The van der Waals surface area contributed by atoms with Crippen molar-refractivity contribution >= 4 is 11.8 Å². The summed E-state index contributed by atoms with van der Waals surface area (Å²) >= 11 is 1.69. The second kappa shape index (κ2) is 7.61. The normalized spacial score (nSPS) is 16.6. The Morgan fingerprint density at radius 1 is 1.09 bits per heavy atom. The molecule has 1 saturated heterocycles. The van der Waals surface area contributed by atoms with E-state index in [1.807, 2.05) is 18.2 Å². The van der Waals surface area contributed by atoms with E-state index in [4.69, 9.17) is 4.74 Å². The molecule has 0 aliphatic carbocycles. The van der Waals surface area contributed by atoms with Gasteiger partial charge in [0.15, 0.2) is 0 Å². The van der Waals surface area contributed by atoms with Crippen LogP contribution < -0.4 is 4.74 Å². The van der Waals surface area contributed by atoms with Crippen LogP contribution in [0, 0.1) is 0 Å². The predicted octanol–water partition coefficient (Wildman–Crippen LogP) is 3.24. The van der Waals surface area contributed by atoms with Crippen molar-refractivity contribution in [2.75, 3.05) is 20.1 Å². The molecule has 3 rings (SSSR count). The van der Waals surface area contributed by atoms with Crippen LogP contribution in [0.25, 0.3) is 0 Å². The first-order chi connectivity index (χ1) is 10.8. The minimum absolute atomic E-state index is 0.272. The summed E-state index contributed by atoms with van der Waals surface area (Å²) in [6.07, 6.45) is 2.39. The number of benzene rings is 1. The lowest BCUT2D eigenvalue weighted by molar-refractivity contribution is 0.109. The van der Waals surface area contributed by atoms with E-state index in [1.54, 1.807) is 11.8 Å². The number of aromatic nitrogens is 2. The van der Waals surface area contributed by atoms with E-state index in [-0.39, 0.29) is 6.10 Å². The summed E-state index contributed by atoms with van der Waals surface area (Å²) in [7, 11) is 2.15. The van der Waals surface area contributed by atoms with Gasteiger partial charge in [-0.05, 0) is 31.5 Å². The van der Waals surface area contributed by atoms with Gasteiger partial charge in [0.25, 0.3) is 0 Å². The smallest absolute Gasteiger partial charge is 0.233 e. The minimum atomic E-state index is 0.272. The zero-order valence-corrected chi connectivity index (χ0v) is 13.6. The number of thioether (sulfide) groups is 1. The summed E-state index contributed by atoms with van der Waals surface area (Å²) in [5, 5.41) is 9.38. The van der Waals surface area contributed by atoms with E-state index in [0.717, 1.165) is 36.7 Å². The fraction of sp³-hybridized carbons (Fsp3) is 0.412. The molecule has 2 aromatic rings. The van der Waals surface area contributed by atoms with Crippen LogP contribution in [0.3, 0.4) is 0 Å². The number of hydrogen-bond donors (Lipinski definition) is 0. The molecule has 4 nitrogen and oxygen atoms in total. The summed E-state index contributed by atoms with van der Waals surface area (Å²) in [5.41, 5.74) is 1.29. The lowest BCUT2D eigenvalue weighted by atomic mass is 10.1. The van der Waals surface area contributed by atoms with Crippen molar-refractivity contribution in [1.82, 2.24) is 15.1 Å². The van der Waals surface area contributed by atoms with Gasteiger partial charge in [0, 0.05) is 24.9 Å². The van der Waals surface area contributed by atoms with E-state index in [2.05, 4.69) is 46.4 Å². The molecule has 0 radical (unpaired) electrons. The van der Waals surface area contributed by atoms with Crippen LogP contribution in [0.4, 0.5) is 0 Å². The molecule has 0 N–H and O–H groups in total. The highest BCUT2D eigenvalue weighted by atomic mass is 32.2. The Labute approximate surface area is 135 Å². The van der Waals surface area contributed by atoms with Crippen molar-refractivity contribution in [2.45, 2.75) is 29.7 Å². The van der Waals surface area contributed by atoms with Crippen LogP contribution >= 0.6 is 11.8 Å². The SMILES string of the molecule is CN1CCC(Oc2ccc(SCc3ccccc3)nn2)CC1. The van der Waals surface area contributed by atoms with Gasteiger partial charge in [0.2, 0.25) is 5.88 Å². The molecule has 0 atom stereocenters. The molecule has 1 aliphatic rings. The van der Waals surface area contributed by atoms with Gasteiger partial charge >= 0.3 is 0 Å². The van der Waals surface area contributed by atoms with Crippen molar-refractivity contribution in [1.29, 1.82) is 0 Å². The van der Waals surface area contributed by atoms with E-state index < -0.39 is 0 Å². The predicted molar refractivity (Wildman–Crippen MR) is 89.2 cm³/mol. The molecule has 0 unspecified atom stereocenters. The van der Waals surface area contributed by atoms with Crippen LogP contribution in [0.15, 0.2) is 47.5 Å². The monoisotopic (exact) mass is 315 g/mol. The van der Waals surface area contributed by atoms with Crippen LogP contribution in [-0.2, 0) is 5.75 Å². The molecule has 1 fully saturated rings. The Balaban J connectivity index is 1.50. The van der Waals surface area contributed by atoms with Crippen molar-refractivity contribution in [3.63, 3.8) is 0 Å². The second-order valence-electron chi connectivity index (χ2n) is 5.60. The zero-order valence-electron chi connectivity index (χ0n) is 12.8. The topological polar surface area (TPSA) is 38.2 Å². The zero-order chi connectivity index (χ0) is 15.2. The number of ether oxygens (including phenoxy) is 1. The molecule has 1 aliphatic heterocycles. The van der Waals surface area contributed by atoms with Crippen molar-refractivity contribution in [3.05, 3.63) is 48.0 Å². The Morgan fingerprint density at radius 2 is 1.86 bits per heavy atom. The molecule has 22 heavy (non-hydrogen) atoms. The fourth-order valence-electron chi connectivity index (χ4n) is 2.45. The van der Waals surface area contributed by atoms with Crippen LogP contribution in [0.5, 0.6) is 5.88 Å². The lowest BCUT2D eigenvalue weighted by Gasteiger charge is -2.28. The average molecular weight is 315 g/mol. The summed E-state index contributed by atoms with van der Waals surface area (Å²) < 4.78 is 5.91. The van der Waals surface area contributed by atoms with Gasteiger partial charge in [-0.15, -0.1) is 10.2 Å². The molecule has 5 heteroatoms. The molecular formula is C17H21N3OS.